The lowest BCUT2D eigenvalue weighted by molar-refractivity contribution is 0.313. The third-order valence-electron chi connectivity index (χ3n) is 2.73. The maximum Gasteiger partial charge on any atom is 0.122 e. The minimum absolute atomic E-state index is 0.385. The van der Waals surface area contributed by atoms with Crippen LogP contribution in [0.5, 0.6) is 5.75 Å². The van der Waals surface area contributed by atoms with Crippen molar-refractivity contribution in [2.75, 3.05) is 6.61 Å². The quantitative estimate of drug-likeness (QED) is 0.699. The fourth-order valence-corrected chi connectivity index (χ4v) is 1.88. The van der Waals surface area contributed by atoms with E-state index in [2.05, 4.69) is 57.7 Å². The molecule has 1 aromatic rings. The van der Waals surface area contributed by atoms with Gasteiger partial charge in [0.25, 0.3) is 0 Å². The summed E-state index contributed by atoms with van der Waals surface area (Å²) in [6, 6.07) is 6.41. The minimum atomic E-state index is 0.385. The van der Waals surface area contributed by atoms with Gasteiger partial charge in [-0.15, -0.1) is 5.92 Å². The van der Waals surface area contributed by atoms with Crippen molar-refractivity contribution in [2.45, 2.75) is 47.0 Å². The standard InChI is InChI=1S/C17H24O/c1-5-7-8-14(3)12-16-13-15(4)9-10-17(16)18-11-6-2/h9-10,13-14H,5-6,11-12H2,1-4H3. The molecule has 0 aliphatic heterocycles. The molecule has 0 heterocycles. The van der Waals surface area contributed by atoms with Crippen LogP contribution >= 0.6 is 0 Å². The second kappa shape index (κ2) is 7.82. The van der Waals surface area contributed by atoms with Crippen molar-refractivity contribution in [2.24, 2.45) is 5.92 Å². The Morgan fingerprint density at radius 1 is 1.28 bits per heavy atom. The summed E-state index contributed by atoms with van der Waals surface area (Å²) in [6.45, 7) is 9.29. The lowest BCUT2D eigenvalue weighted by Gasteiger charge is -2.13. The molecular formula is C17H24O. The molecule has 0 N–H and O–H groups in total. The molecule has 0 radical (unpaired) electrons. The molecule has 0 amide bonds. The molecule has 1 unspecified atom stereocenters. The monoisotopic (exact) mass is 244 g/mol. The molecule has 1 aromatic carbocycles. The normalized spacial score (nSPS) is 11.6. The van der Waals surface area contributed by atoms with Crippen molar-refractivity contribution >= 4 is 0 Å². The van der Waals surface area contributed by atoms with Crippen molar-refractivity contribution < 1.29 is 4.74 Å². The highest BCUT2D eigenvalue weighted by Gasteiger charge is 2.07. The van der Waals surface area contributed by atoms with Gasteiger partial charge in [-0.2, -0.15) is 0 Å². The van der Waals surface area contributed by atoms with Crippen molar-refractivity contribution in [3.8, 4) is 17.6 Å². The molecule has 0 fully saturated rings. The Morgan fingerprint density at radius 3 is 2.72 bits per heavy atom. The second-order valence-electron chi connectivity index (χ2n) is 4.74. The van der Waals surface area contributed by atoms with E-state index in [1.807, 2.05) is 0 Å². The molecule has 0 aliphatic rings. The third-order valence-corrected chi connectivity index (χ3v) is 2.73. The van der Waals surface area contributed by atoms with Crippen molar-refractivity contribution in [1.82, 2.24) is 0 Å². The van der Waals surface area contributed by atoms with E-state index >= 15 is 0 Å². The summed E-state index contributed by atoms with van der Waals surface area (Å²) >= 11 is 0. The summed E-state index contributed by atoms with van der Waals surface area (Å²) in [5.41, 5.74) is 2.56. The second-order valence-corrected chi connectivity index (χ2v) is 4.74. The number of hydrogen-bond acceptors (Lipinski definition) is 1. The molecule has 0 saturated carbocycles. The molecule has 0 bridgehead atoms. The summed E-state index contributed by atoms with van der Waals surface area (Å²) < 4.78 is 5.80. The van der Waals surface area contributed by atoms with Gasteiger partial charge in [-0.25, -0.2) is 0 Å². The van der Waals surface area contributed by atoms with E-state index < -0.39 is 0 Å². The summed E-state index contributed by atoms with van der Waals surface area (Å²) in [5.74, 6) is 7.84. The molecule has 1 atom stereocenters. The van der Waals surface area contributed by atoms with E-state index in [0.717, 1.165) is 31.6 Å². The van der Waals surface area contributed by atoms with Gasteiger partial charge in [0.05, 0.1) is 6.61 Å². The predicted molar refractivity (Wildman–Crippen MR) is 77.9 cm³/mol. The summed E-state index contributed by atoms with van der Waals surface area (Å²) in [5, 5.41) is 0. The van der Waals surface area contributed by atoms with Crippen molar-refractivity contribution in [3.63, 3.8) is 0 Å². The van der Waals surface area contributed by atoms with Gasteiger partial charge >= 0.3 is 0 Å². The maximum absolute atomic E-state index is 5.80. The van der Waals surface area contributed by atoms with E-state index in [4.69, 9.17) is 4.74 Å². The zero-order valence-corrected chi connectivity index (χ0v) is 12.0. The molecule has 0 saturated heterocycles. The van der Waals surface area contributed by atoms with Gasteiger partial charge in [0.15, 0.2) is 0 Å². The Kier molecular flexibility index (Phi) is 6.36. The third kappa shape index (κ3) is 4.84. The molecule has 1 heteroatoms. The maximum atomic E-state index is 5.80. The van der Waals surface area contributed by atoms with E-state index in [1.165, 1.54) is 11.1 Å². The fraction of sp³-hybridized carbons (Fsp3) is 0.529. The first-order valence-corrected chi connectivity index (χ1v) is 6.88. The summed E-state index contributed by atoms with van der Waals surface area (Å²) in [4.78, 5) is 0. The van der Waals surface area contributed by atoms with Gasteiger partial charge < -0.3 is 4.74 Å². The van der Waals surface area contributed by atoms with Crippen LogP contribution < -0.4 is 4.74 Å². The highest BCUT2D eigenvalue weighted by molar-refractivity contribution is 5.37. The molecule has 0 spiro atoms. The molecular weight excluding hydrogens is 220 g/mol. The lowest BCUT2D eigenvalue weighted by atomic mass is 9.99. The van der Waals surface area contributed by atoms with Crippen LogP contribution in [0.25, 0.3) is 0 Å². The SMILES string of the molecule is CCC#CC(C)Cc1cc(C)ccc1OCCC. The van der Waals surface area contributed by atoms with Crippen LogP contribution in [-0.2, 0) is 6.42 Å². The molecule has 0 aromatic heterocycles. The van der Waals surface area contributed by atoms with E-state index in [-0.39, 0.29) is 0 Å². The van der Waals surface area contributed by atoms with Crippen molar-refractivity contribution in [3.05, 3.63) is 29.3 Å². The van der Waals surface area contributed by atoms with Gasteiger partial charge in [0.2, 0.25) is 0 Å². The average molecular weight is 244 g/mol. The number of rotatable bonds is 5. The Hall–Kier alpha value is -1.42. The van der Waals surface area contributed by atoms with E-state index in [0.29, 0.717) is 5.92 Å². The Morgan fingerprint density at radius 2 is 2.06 bits per heavy atom. The highest BCUT2D eigenvalue weighted by atomic mass is 16.5. The predicted octanol–water partition coefficient (Wildman–Crippen LogP) is 4.38. The zero-order valence-electron chi connectivity index (χ0n) is 12.0. The van der Waals surface area contributed by atoms with Gasteiger partial charge in [0, 0.05) is 12.3 Å². The fourth-order valence-electron chi connectivity index (χ4n) is 1.88. The smallest absolute Gasteiger partial charge is 0.122 e. The minimum Gasteiger partial charge on any atom is -0.493 e. The average Bonchev–Trinajstić information content (AvgIpc) is 2.35. The van der Waals surface area contributed by atoms with Crippen LogP contribution in [-0.4, -0.2) is 6.61 Å². The number of hydrogen-bond donors (Lipinski definition) is 0. The number of benzene rings is 1. The molecule has 1 rings (SSSR count). The molecule has 18 heavy (non-hydrogen) atoms. The van der Waals surface area contributed by atoms with Crippen LogP contribution in [0.2, 0.25) is 0 Å². The molecule has 0 aliphatic carbocycles. The lowest BCUT2D eigenvalue weighted by Crippen LogP contribution is -2.03. The van der Waals surface area contributed by atoms with E-state index in [1.54, 1.807) is 0 Å². The van der Waals surface area contributed by atoms with Crippen molar-refractivity contribution in [1.29, 1.82) is 0 Å². The molecule has 1 nitrogen and oxygen atoms in total. The summed E-state index contributed by atoms with van der Waals surface area (Å²) in [6.07, 6.45) is 2.93. The van der Waals surface area contributed by atoms with Crippen LogP contribution in [0.1, 0.15) is 44.7 Å². The van der Waals surface area contributed by atoms with E-state index in [9.17, 15) is 0 Å². The van der Waals surface area contributed by atoms with Crippen LogP contribution in [0.3, 0.4) is 0 Å². The topological polar surface area (TPSA) is 9.23 Å². The highest BCUT2D eigenvalue weighted by Crippen LogP contribution is 2.23. The first-order chi connectivity index (χ1) is 8.67. The Bertz CT molecular complexity index is 423. The van der Waals surface area contributed by atoms with Gasteiger partial charge in [-0.1, -0.05) is 44.4 Å². The zero-order chi connectivity index (χ0) is 13.4. The Labute approximate surface area is 112 Å². The van der Waals surface area contributed by atoms with Gasteiger partial charge in [0.1, 0.15) is 5.75 Å². The first-order valence-electron chi connectivity index (χ1n) is 6.88. The van der Waals surface area contributed by atoms with Crippen LogP contribution in [0, 0.1) is 24.7 Å². The number of aryl methyl sites for hydroxylation is 1. The molecule has 98 valence electrons. The first kappa shape index (κ1) is 14.6. The largest absolute Gasteiger partial charge is 0.493 e. The summed E-state index contributed by atoms with van der Waals surface area (Å²) in [7, 11) is 0. The van der Waals surface area contributed by atoms with Crippen LogP contribution in [0.4, 0.5) is 0 Å². The Balaban J connectivity index is 2.81. The number of ether oxygens (including phenoxy) is 1. The van der Waals surface area contributed by atoms with Crippen LogP contribution in [0.15, 0.2) is 18.2 Å². The van der Waals surface area contributed by atoms with Gasteiger partial charge in [-0.3, -0.25) is 0 Å². The van der Waals surface area contributed by atoms with Gasteiger partial charge in [-0.05, 0) is 31.4 Å².